The van der Waals surface area contributed by atoms with Gasteiger partial charge in [-0.25, -0.2) is 9.97 Å². The summed E-state index contributed by atoms with van der Waals surface area (Å²) in [6.45, 7) is 0. The lowest BCUT2D eigenvalue weighted by Gasteiger charge is -2.08. The molecule has 3 aromatic rings. The van der Waals surface area contributed by atoms with Gasteiger partial charge in [-0.15, -0.1) is 4.91 Å². The highest BCUT2D eigenvalue weighted by atomic mass is 32.2. The fourth-order valence-corrected chi connectivity index (χ4v) is 2.89. The lowest BCUT2D eigenvalue weighted by molar-refractivity contribution is 1.10. The molecule has 0 aliphatic carbocycles. The molecule has 2 heterocycles. The molecule has 0 atom stereocenters. The number of fused-ring (bicyclic) bond motifs is 1. The Balaban J connectivity index is 2.10. The minimum Gasteiger partial charge on any atom is -0.386 e. The van der Waals surface area contributed by atoms with Crippen LogP contribution in [0.2, 0.25) is 0 Å². The number of hydrogen-bond donors (Lipinski definition) is 3. The Hall–Kier alpha value is -2.68. The second-order valence-electron chi connectivity index (χ2n) is 4.08. The Morgan fingerprint density at radius 3 is 3.00 bits per heavy atom. The number of imidazole rings is 1. The number of nitrogen functional groups attached to an aromatic ring is 1. The van der Waals surface area contributed by atoms with Crippen molar-refractivity contribution in [1.29, 1.82) is 0 Å². The molecule has 0 unspecified atom stereocenters. The summed E-state index contributed by atoms with van der Waals surface area (Å²) in [5.74, 6) is 0.139. The van der Waals surface area contributed by atoms with Crippen molar-refractivity contribution in [3.05, 3.63) is 29.4 Å². The number of anilines is 2. The van der Waals surface area contributed by atoms with E-state index < -0.39 is 0 Å². The van der Waals surface area contributed by atoms with Crippen LogP contribution < -0.4 is 11.1 Å². The maximum absolute atomic E-state index is 11.1. The molecule has 0 fully saturated rings. The van der Waals surface area contributed by atoms with Crippen LogP contribution in [0.1, 0.15) is 0 Å². The number of nitroso groups, excluding NO2 is 1. The summed E-state index contributed by atoms with van der Waals surface area (Å²) in [5.41, 5.74) is 7.81. The smallest absolute Gasteiger partial charge is 0.223 e. The molecular weight excluding hydrogens is 290 g/mol. The molecule has 3 rings (SSSR count). The van der Waals surface area contributed by atoms with E-state index in [1.165, 1.54) is 18.1 Å². The molecule has 0 bridgehead atoms. The third-order valence-electron chi connectivity index (χ3n) is 2.83. The van der Waals surface area contributed by atoms with Gasteiger partial charge in [-0.3, -0.25) is 0 Å². The van der Waals surface area contributed by atoms with Crippen LogP contribution in [-0.2, 0) is 0 Å². The molecule has 8 nitrogen and oxygen atoms in total. The molecule has 0 amide bonds. The Morgan fingerprint density at radius 2 is 2.24 bits per heavy atom. The van der Waals surface area contributed by atoms with Crippen molar-refractivity contribution in [2.75, 3.05) is 18.1 Å². The molecule has 106 valence electrons. The van der Waals surface area contributed by atoms with Crippen LogP contribution >= 0.6 is 11.8 Å². The molecule has 21 heavy (non-hydrogen) atoms. The molecule has 0 radical (unpaired) electrons. The monoisotopic (exact) mass is 301 g/mol. The maximum atomic E-state index is 11.1. The minimum atomic E-state index is 0.139. The van der Waals surface area contributed by atoms with Crippen molar-refractivity contribution in [1.82, 2.24) is 19.9 Å². The molecule has 0 saturated carbocycles. The van der Waals surface area contributed by atoms with Gasteiger partial charge in [0.05, 0.1) is 12.0 Å². The molecule has 2 aromatic heterocycles. The average Bonchev–Trinajstić information content (AvgIpc) is 2.95. The number of nitrogens with two attached hydrogens (primary N) is 1. The zero-order chi connectivity index (χ0) is 14.8. The van der Waals surface area contributed by atoms with E-state index in [1.54, 1.807) is 19.2 Å². The third kappa shape index (κ3) is 2.38. The van der Waals surface area contributed by atoms with Crippen molar-refractivity contribution in [3.8, 4) is 0 Å². The van der Waals surface area contributed by atoms with E-state index in [0.29, 0.717) is 32.5 Å². The standard InChI is InChI=1S/C12H11N7OS/c1-14-6-3-2-4-7(8(6)19-20)21-11-9-10(16-5-15-9)17-12(13)18-11/h2-5,14H,1H3,(H3,13,15,16,17,18). The van der Waals surface area contributed by atoms with E-state index >= 15 is 0 Å². The van der Waals surface area contributed by atoms with Crippen molar-refractivity contribution in [2.24, 2.45) is 5.18 Å². The molecule has 0 saturated heterocycles. The van der Waals surface area contributed by atoms with E-state index in [9.17, 15) is 4.91 Å². The first-order valence-corrected chi connectivity index (χ1v) is 6.83. The van der Waals surface area contributed by atoms with Crippen molar-refractivity contribution >= 4 is 40.2 Å². The van der Waals surface area contributed by atoms with Gasteiger partial charge in [0.15, 0.2) is 5.65 Å². The predicted molar refractivity (Wildman–Crippen MR) is 81.7 cm³/mol. The first-order valence-electron chi connectivity index (χ1n) is 6.01. The number of rotatable bonds is 4. The van der Waals surface area contributed by atoms with Crippen LogP contribution in [0, 0.1) is 4.91 Å². The SMILES string of the molecule is CNc1cccc(Sc2nc(N)nc3[nH]cnc23)c1N=O. The van der Waals surface area contributed by atoms with Crippen molar-refractivity contribution < 1.29 is 0 Å². The van der Waals surface area contributed by atoms with E-state index in [1.807, 2.05) is 6.07 Å². The van der Waals surface area contributed by atoms with Crippen LogP contribution in [-0.4, -0.2) is 27.0 Å². The number of H-pyrrole nitrogens is 1. The summed E-state index contributed by atoms with van der Waals surface area (Å²) in [5, 5.41) is 6.59. The van der Waals surface area contributed by atoms with Crippen LogP contribution in [0.4, 0.5) is 17.3 Å². The van der Waals surface area contributed by atoms with E-state index in [2.05, 4.69) is 30.4 Å². The van der Waals surface area contributed by atoms with Crippen LogP contribution in [0.15, 0.2) is 39.6 Å². The Morgan fingerprint density at radius 1 is 1.38 bits per heavy atom. The summed E-state index contributed by atoms with van der Waals surface area (Å²) in [6, 6.07) is 5.40. The summed E-state index contributed by atoms with van der Waals surface area (Å²) < 4.78 is 0. The fraction of sp³-hybridized carbons (Fsp3) is 0.0833. The van der Waals surface area contributed by atoms with Crippen molar-refractivity contribution in [3.63, 3.8) is 0 Å². The van der Waals surface area contributed by atoms with Crippen LogP contribution in [0.3, 0.4) is 0 Å². The number of aromatic amines is 1. The number of aromatic nitrogens is 4. The highest BCUT2D eigenvalue weighted by Crippen LogP contribution is 2.40. The molecule has 9 heteroatoms. The maximum Gasteiger partial charge on any atom is 0.223 e. The van der Waals surface area contributed by atoms with Crippen LogP contribution in [0.5, 0.6) is 0 Å². The predicted octanol–water partition coefficient (Wildman–Crippen LogP) is 2.53. The topological polar surface area (TPSA) is 122 Å². The minimum absolute atomic E-state index is 0.139. The van der Waals surface area contributed by atoms with E-state index in [0.717, 1.165) is 0 Å². The lowest BCUT2D eigenvalue weighted by Crippen LogP contribution is -1.97. The Kier molecular flexibility index (Phi) is 3.40. The number of benzene rings is 1. The molecular formula is C12H11N7OS. The zero-order valence-corrected chi connectivity index (χ0v) is 11.8. The first kappa shape index (κ1) is 13.3. The highest BCUT2D eigenvalue weighted by molar-refractivity contribution is 7.99. The molecule has 0 aliphatic rings. The summed E-state index contributed by atoms with van der Waals surface area (Å²) >= 11 is 1.27. The number of nitrogens with one attached hydrogen (secondary N) is 2. The summed E-state index contributed by atoms with van der Waals surface area (Å²) in [6.07, 6.45) is 1.52. The van der Waals surface area contributed by atoms with Crippen molar-refractivity contribution in [2.45, 2.75) is 9.92 Å². The quantitative estimate of drug-likeness (QED) is 0.500. The Bertz CT molecular complexity index is 816. The van der Waals surface area contributed by atoms with Gasteiger partial charge in [-0.05, 0) is 17.3 Å². The van der Waals surface area contributed by atoms with Gasteiger partial charge >= 0.3 is 0 Å². The summed E-state index contributed by atoms with van der Waals surface area (Å²) in [7, 11) is 1.73. The third-order valence-corrected chi connectivity index (χ3v) is 3.86. The molecule has 1 aromatic carbocycles. The van der Waals surface area contributed by atoms with Gasteiger partial charge in [-0.1, -0.05) is 17.8 Å². The van der Waals surface area contributed by atoms with Gasteiger partial charge in [0, 0.05) is 11.9 Å². The molecule has 0 aliphatic heterocycles. The average molecular weight is 301 g/mol. The van der Waals surface area contributed by atoms with E-state index in [-0.39, 0.29) is 5.95 Å². The van der Waals surface area contributed by atoms with Gasteiger partial charge in [-0.2, -0.15) is 4.98 Å². The Labute approximate surface area is 123 Å². The normalized spacial score (nSPS) is 10.7. The van der Waals surface area contributed by atoms with Crippen LogP contribution in [0.25, 0.3) is 11.2 Å². The molecule has 4 N–H and O–H groups in total. The highest BCUT2D eigenvalue weighted by Gasteiger charge is 2.15. The largest absolute Gasteiger partial charge is 0.386 e. The van der Waals surface area contributed by atoms with E-state index in [4.69, 9.17) is 5.73 Å². The summed E-state index contributed by atoms with van der Waals surface area (Å²) in [4.78, 5) is 27.1. The zero-order valence-electron chi connectivity index (χ0n) is 11.0. The second kappa shape index (κ2) is 5.37. The fourth-order valence-electron chi connectivity index (χ4n) is 1.90. The number of nitrogens with zero attached hydrogens (tertiary/aromatic N) is 4. The van der Waals surface area contributed by atoms with Gasteiger partial charge in [0.1, 0.15) is 16.2 Å². The second-order valence-corrected chi connectivity index (χ2v) is 5.11. The lowest BCUT2D eigenvalue weighted by atomic mass is 10.3. The van der Waals surface area contributed by atoms with Gasteiger partial charge in [0.2, 0.25) is 5.95 Å². The molecule has 0 spiro atoms. The number of hydrogen-bond acceptors (Lipinski definition) is 8. The van der Waals surface area contributed by atoms with Gasteiger partial charge < -0.3 is 16.0 Å². The first-order chi connectivity index (χ1) is 10.2. The van der Waals surface area contributed by atoms with Gasteiger partial charge in [0.25, 0.3) is 0 Å².